The highest BCUT2D eigenvalue weighted by Crippen LogP contribution is 2.29. The number of aryl methyl sites for hydroxylation is 3. The zero-order valence-electron chi connectivity index (χ0n) is 17.0. The third-order valence-corrected chi connectivity index (χ3v) is 5.54. The summed E-state index contributed by atoms with van der Waals surface area (Å²) in [4.78, 5) is 20.2. The highest BCUT2D eigenvalue weighted by atomic mass is 16.2. The Balaban J connectivity index is 1.83. The minimum absolute atomic E-state index is 0.120. The van der Waals surface area contributed by atoms with Gasteiger partial charge >= 0.3 is 0 Å². The van der Waals surface area contributed by atoms with Crippen molar-refractivity contribution in [2.24, 2.45) is 0 Å². The van der Waals surface area contributed by atoms with E-state index < -0.39 is 0 Å². The Labute approximate surface area is 166 Å². The number of amides is 1. The molecule has 1 amide bonds. The first-order chi connectivity index (χ1) is 13.6. The second-order valence-electron chi connectivity index (χ2n) is 7.88. The van der Waals surface area contributed by atoms with E-state index >= 15 is 0 Å². The lowest BCUT2D eigenvalue weighted by Gasteiger charge is -2.18. The molecule has 2 aromatic heterocycles. The van der Waals surface area contributed by atoms with Crippen molar-refractivity contribution in [3.05, 3.63) is 47.3 Å². The predicted octanol–water partition coefficient (Wildman–Crippen LogP) is 4.75. The molecule has 0 saturated carbocycles. The van der Waals surface area contributed by atoms with Crippen LogP contribution in [0.1, 0.15) is 54.1 Å². The van der Waals surface area contributed by atoms with Crippen LogP contribution >= 0.6 is 0 Å². The van der Waals surface area contributed by atoms with Crippen LogP contribution in [0.25, 0.3) is 22.2 Å². The molecule has 1 aliphatic rings. The van der Waals surface area contributed by atoms with Gasteiger partial charge in [-0.2, -0.15) is 5.10 Å². The minimum Gasteiger partial charge on any atom is -0.339 e. The molecular formula is C23H28N4O. The van der Waals surface area contributed by atoms with E-state index in [-0.39, 0.29) is 5.91 Å². The summed E-state index contributed by atoms with van der Waals surface area (Å²) in [5.74, 6) is 0.120. The monoisotopic (exact) mass is 376 g/mol. The van der Waals surface area contributed by atoms with Crippen LogP contribution in [0, 0.1) is 13.8 Å². The normalized spacial score (nSPS) is 14.2. The standard InChI is InChI=1S/C23H28N4O/c1-4-5-10-27-15-18(14-24-27)21-13-20(23(28)26-8-6-7-9-26)19-12-16(2)11-17(3)22(19)25-21/h11-15H,4-10H2,1-3H3. The molecule has 1 aromatic carbocycles. The predicted molar refractivity (Wildman–Crippen MR) is 112 cm³/mol. The van der Waals surface area contributed by atoms with Crippen molar-refractivity contribution in [3.63, 3.8) is 0 Å². The Morgan fingerprint density at radius 3 is 2.68 bits per heavy atom. The largest absolute Gasteiger partial charge is 0.339 e. The molecule has 28 heavy (non-hydrogen) atoms. The van der Waals surface area contributed by atoms with Crippen molar-refractivity contribution < 1.29 is 4.79 Å². The number of carbonyl (C=O) groups is 1. The maximum absolute atomic E-state index is 13.3. The van der Waals surface area contributed by atoms with Crippen molar-refractivity contribution in [2.75, 3.05) is 13.1 Å². The molecule has 3 heterocycles. The molecule has 0 spiro atoms. The Morgan fingerprint density at radius 1 is 1.14 bits per heavy atom. The zero-order valence-corrected chi connectivity index (χ0v) is 17.0. The van der Waals surface area contributed by atoms with Crippen molar-refractivity contribution >= 4 is 16.8 Å². The Bertz CT molecular complexity index is 1010. The molecule has 4 rings (SSSR count). The molecule has 0 radical (unpaired) electrons. The smallest absolute Gasteiger partial charge is 0.254 e. The first kappa shape index (κ1) is 18.7. The van der Waals surface area contributed by atoms with Crippen molar-refractivity contribution in [1.29, 1.82) is 0 Å². The number of benzene rings is 1. The van der Waals surface area contributed by atoms with Crippen molar-refractivity contribution in [2.45, 2.75) is 53.0 Å². The van der Waals surface area contributed by atoms with Crippen molar-refractivity contribution in [3.8, 4) is 11.3 Å². The summed E-state index contributed by atoms with van der Waals surface area (Å²) >= 11 is 0. The van der Waals surface area contributed by atoms with Crippen LogP contribution in [0.5, 0.6) is 0 Å². The van der Waals surface area contributed by atoms with Crippen LogP contribution in [0.15, 0.2) is 30.6 Å². The van der Waals surface area contributed by atoms with E-state index in [0.29, 0.717) is 0 Å². The van der Waals surface area contributed by atoms with Gasteiger partial charge in [0.25, 0.3) is 5.91 Å². The van der Waals surface area contributed by atoms with Crippen LogP contribution in [0.3, 0.4) is 0 Å². The van der Waals surface area contributed by atoms with Gasteiger partial charge in [0.1, 0.15) is 0 Å². The summed E-state index contributed by atoms with van der Waals surface area (Å²) < 4.78 is 1.97. The lowest BCUT2D eigenvalue weighted by Crippen LogP contribution is -2.28. The van der Waals surface area contributed by atoms with Crippen LogP contribution in [0.2, 0.25) is 0 Å². The van der Waals surface area contributed by atoms with E-state index in [1.54, 1.807) is 0 Å². The highest BCUT2D eigenvalue weighted by molar-refractivity contribution is 6.08. The molecule has 0 atom stereocenters. The average molecular weight is 377 g/mol. The summed E-state index contributed by atoms with van der Waals surface area (Å²) in [6, 6.07) is 6.18. The maximum atomic E-state index is 13.3. The lowest BCUT2D eigenvalue weighted by atomic mass is 10.00. The van der Waals surface area contributed by atoms with Gasteiger partial charge in [-0.25, -0.2) is 4.98 Å². The number of aromatic nitrogens is 3. The van der Waals surface area contributed by atoms with Gasteiger partial charge in [-0.05, 0) is 50.8 Å². The van der Waals surface area contributed by atoms with Gasteiger partial charge in [-0.15, -0.1) is 0 Å². The Kier molecular flexibility index (Phi) is 5.16. The number of hydrogen-bond donors (Lipinski definition) is 0. The fourth-order valence-electron chi connectivity index (χ4n) is 4.03. The molecule has 0 bridgehead atoms. The first-order valence-electron chi connectivity index (χ1n) is 10.3. The molecular weight excluding hydrogens is 348 g/mol. The van der Waals surface area contributed by atoms with E-state index in [4.69, 9.17) is 4.98 Å². The van der Waals surface area contributed by atoms with E-state index in [1.165, 1.54) is 0 Å². The Morgan fingerprint density at radius 2 is 1.93 bits per heavy atom. The second-order valence-corrected chi connectivity index (χ2v) is 7.88. The number of fused-ring (bicyclic) bond motifs is 1. The Hall–Kier alpha value is -2.69. The molecule has 5 nitrogen and oxygen atoms in total. The quantitative estimate of drug-likeness (QED) is 0.645. The number of hydrogen-bond acceptors (Lipinski definition) is 3. The zero-order chi connectivity index (χ0) is 19.7. The number of nitrogens with zero attached hydrogens (tertiary/aromatic N) is 4. The van der Waals surface area contributed by atoms with Gasteiger partial charge in [0.05, 0.1) is 23.0 Å². The van der Waals surface area contributed by atoms with Gasteiger partial charge in [0.2, 0.25) is 0 Å². The topological polar surface area (TPSA) is 51.0 Å². The van der Waals surface area contributed by atoms with Crippen LogP contribution in [-0.2, 0) is 6.54 Å². The summed E-state index contributed by atoms with van der Waals surface area (Å²) in [6.07, 6.45) is 8.31. The number of pyridine rings is 1. The first-order valence-corrected chi connectivity index (χ1v) is 10.3. The molecule has 0 unspecified atom stereocenters. The van der Waals surface area contributed by atoms with E-state index in [0.717, 1.165) is 84.2 Å². The van der Waals surface area contributed by atoms with E-state index in [1.807, 2.05) is 28.0 Å². The SMILES string of the molecule is CCCCn1cc(-c2cc(C(=O)N3CCCC3)c3cc(C)cc(C)c3n2)cn1. The fraction of sp³-hybridized carbons (Fsp3) is 0.435. The van der Waals surface area contributed by atoms with E-state index in [2.05, 4.69) is 38.0 Å². The second kappa shape index (κ2) is 7.74. The molecule has 3 aromatic rings. The molecule has 0 aliphatic carbocycles. The summed E-state index contributed by atoms with van der Waals surface area (Å²) in [5.41, 5.74) is 5.72. The molecule has 0 N–H and O–H groups in total. The van der Waals surface area contributed by atoms with Crippen molar-refractivity contribution in [1.82, 2.24) is 19.7 Å². The van der Waals surface area contributed by atoms with Crippen LogP contribution < -0.4 is 0 Å². The van der Waals surface area contributed by atoms with Crippen LogP contribution in [0.4, 0.5) is 0 Å². The van der Waals surface area contributed by atoms with Gasteiger partial charge in [-0.1, -0.05) is 25.0 Å². The van der Waals surface area contributed by atoms with Gasteiger partial charge in [0, 0.05) is 36.8 Å². The number of carbonyl (C=O) groups excluding carboxylic acids is 1. The minimum atomic E-state index is 0.120. The van der Waals surface area contributed by atoms with Gasteiger partial charge in [0.15, 0.2) is 0 Å². The molecule has 1 saturated heterocycles. The summed E-state index contributed by atoms with van der Waals surface area (Å²) in [6.45, 7) is 8.91. The molecule has 5 heteroatoms. The molecule has 146 valence electrons. The molecule has 1 fully saturated rings. The lowest BCUT2D eigenvalue weighted by molar-refractivity contribution is 0.0794. The summed E-state index contributed by atoms with van der Waals surface area (Å²) in [5, 5.41) is 5.44. The fourth-order valence-corrected chi connectivity index (χ4v) is 4.03. The van der Waals surface area contributed by atoms with Gasteiger partial charge in [-0.3, -0.25) is 9.48 Å². The third kappa shape index (κ3) is 3.53. The third-order valence-electron chi connectivity index (χ3n) is 5.54. The highest BCUT2D eigenvalue weighted by Gasteiger charge is 2.23. The van der Waals surface area contributed by atoms with E-state index in [9.17, 15) is 4.79 Å². The average Bonchev–Trinajstić information content (AvgIpc) is 3.37. The number of rotatable bonds is 5. The maximum Gasteiger partial charge on any atom is 0.254 e. The number of likely N-dealkylation sites (tertiary alicyclic amines) is 1. The molecule has 1 aliphatic heterocycles. The van der Waals surface area contributed by atoms with Gasteiger partial charge < -0.3 is 4.90 Å². The number of unbranched alkanes of at least 4 members (excludes halogenated alkanes) is 1. The van der Waals surface area contributed by atoms with Crippen LogP contribution in [-0.4, -0.2) is 38.7 Å². The summed E-state index contributed by atoms with van der Waals surface area (Å²) in [7, 11) is 0.